The fraction of sp³-hybridized carbons (Fsp3) is 0.375. The lowest BCUT2D eigenvalue weighted by molar-refractivity contribution is 0.0996. The Bertz CT molecular complexity index is 800. The van der Waals surface area contributed by atoms with Crippen molar-refractivity contribution in [2.24, 2.45) is 0 Å². The zero-order valence-electron chi connectivity index (χ0n) is 13.3. The molecule has 2 aromatic heterocycles. The molecule has 8 heteroatoms. The molecule has 0 aliphatic carbocycles. The van der Waals surface area contributed by atoms with Crippen LogP contribution in [0.5, 0.6) is 0 Å². The quantitative estimate of drug-likeness (QED) is 0.887. The molecule has 1 atom stereocenters. The SMILES string of the molecule is CCN(c1ccc(NC(=O)c2ccco2)nc1)C1CCS(=O)(=O)C1. The first-order valence-corrected chi connectivity index (χ1v) is 9.58. The van der Waals surface area contributed by atoms with Crippen LogP contribution in [0.15, 0.2) is 41.1 Å². The number of nitrogens with zero attached hydrogens (tertiary/aromatic N) is 2. The number of furan rings is 1. The van der Waals surface area contributed by atoms with Crippen LogP contribution in [0.25, 0.3) is 0 Å². The molecule has 3 rings (SSSR count). The molecule has 0 radical (unpaired) electrons. The lowest BCUT2D eigenvalue weighted by Crippen LogP contribution is -2.36. The van der Waals surface area contributed by atoms with Gasteiger partial charge in [0.1, 0.15) is 5.82 Å². The topological polar surface area (TPSA) is 92.5 Å². The second-order valence-corrected chi connectivity index (χ2v) is 7.90. The zero-order chi connectivity index (χ0) is 17.2. The first kappa shape index (κ1) is 16.5. The summed E-state index contributed by atoms with van der Waals surface area (Å²) < 4.78 is 28.4. The molecule has 1 aliphatic rings. The molecule has 24 heavy (non-hydrogen) atoms. The number of aromatic nitrogens is 1. The van der Waals surface area contributed by atoms with Crippen LogP contribution in [-0.4, -0.2) is 43.4 Å². The molecule has 1 saturated heterocycles. The summed E-state index contributed by atoms with van der Waals surface area (Å²) in [6.07, 6.45) is 3.71. The standard InChI is InChI=1S/C16H19N3O4S/c1-2-19(13-7-9-24(21,22)11-13)12-5-6-15(17-10-12)18-16(20)14-4-3-8-23-14/h3-6,8,10,13H,2,7,9,11H2,1H3,(H,17,18,20). The first-order valence-electron chi connectivity index (χ1n) is 7.76. The van der Waals surface area contributed by atoms with Gasteiger partial charge in [0.05, 0.1) is 29.7 Å². The molecule has 128 valence electrons. The molecule has 7 nitrogen and oxygen atoms in total. The van der Waals surface area contributed by atoms with Crippen LogP contribution in [0.3, 0.4) is 0 Å². The van der Waals surface area contributed by atoms with Crippen molar-refractivity contribution in [2.45, 2.75) is 19.4 Å². The molecule has 1 unspecified atom stereocenters. The maximum Gasteiger partial charge on any atom is 0.292 e. The third kappa shape index (κ3) is 3.59. The number of carbonyl (C=O) groups is 1. The smallest absolute Gasteiger partial charge is 0.292 e. The highest BCUT2D eigenvalue weighted by Gasteiger charge is 2.31. The second-order valence-electron chi connectivity index (χ2n) is 5.68. The van der Waals surface area contributed by atoms with Crippen molar-refractivity contribution >= 4 is 27.2 Å². The van der Waals surface area contributed by atoms with Gasteiger partial charge >= 0.3 is 0 Å². The van der Waals surface area contributed by atoms with Gasteiger partial charge in [-0.05, 0) is 37.6 Å². The number of rotatable bonds is 5. The Morgan fingerprint density at radius 3 is 2.79 bits per heavy atom. The van der Waals surface area contributed by atoms with Gasteiger partial charge in [-0.2, -0.15) is 0 Å². The number of hydrogen-bond donors (Lipinski definition) is 1. The maximum absolute atomic E-state index is 11.9. The number of pyridine rings is 1. The van der Waals surface area contributed by atoms with E-state index in [4.69, 9.17) is 4.42 Å². The number of nitrogens with one attached hydrogen (secondary N) is 1. The second kappa shape index (κ2) is 6.64. The highest BCUT2D eigenvalue weighted by molar-refractivity contribution is 7.91. The van der Waals surface area contributed by atoms with Gasteiger partial charge < -0.3 is 14.6 Å². The molecular weight excluding hydrogens is 330 g/mol. The molecule has 0 bridgehead atoms. The fourth-order valence-corrected chi connectivity index (χ4v) is 4.62. The fourth-order valence-electron chi connectivity index (χ4n) is 2.89. The van der Waals surface area contributed by atoms with E-state index in [2.05, 4.69) is 10.3 Å². The van der Waals surface area contributed by atoms with Crippen molar-refractivity contribution < 1.29 is 17.6 Å². The summed E-state index contributed by atoms with van der Waals surface area (Å²) >= 11 is 0. The Hall–Kier alpha value is -2.35. The van der Waals surface area contributed by atoms with E-state index < -0.39 is 9.84 Å². The average Bonchev–Trinajstić information content (AvgIpc) is 3.19. The minimum Gasteiger partial charge on any atom is -0.459 e. The van der Waals surface area contributed by atoms with E-state index in [0.717, 1.165) is 5.69 Å². The third-order valence-corrected chi connectivity index (χ3v) is 5.81. The molecule has 1 fully saturated rings. The Morgan fingerprint density at radius 2 is 2.25 bits per heavy atom. The predicted molar refractivity (Wildman–Crippen MR) is 91.0 cm³/mol. The van der Waals surface area contributed by atoms with Crippen molar-refractivity contribution in [1.82, 2.24) is 4.98 Å². The van der Waals surface area contributed by atoms with E-state index in [-0.39, 0.29) is 29.2 Å². The molecule has 0 saturated carbocycles. The van der Waals surface area contributed by atoms with Crippen molar-refractivity contribution in [2.75, 3.05) is 28.3 Å². The van der Waals surface area contributed by atoms with Gasteiger partial charge in [0.15, 0.2) is 15.6 Å². The van der Waals surface area contributed by atoms with Crippen molar-refractivity contribution in [3.63, 3.8) is 0 Å². The van der Waals surface area contributed by atoms with Crippen LogP contribution in [0.2, 0.25) is 0 Å². The summed E-state index contributed by atoms with van der Waals surface area (Å²) in [6, 6.07) is 6.72. The molecule has 1 amide bonds. The van der Waals surface area contributed by atoms with E-state index in [9.17, 15) is 13.2 Å². The van der Waals surface area contributed by atoms with Crippen LogP contribution in [0.4, 0.5) is 11.5 Å². The molecule has 1 N–H and O–H groups in total. The van der Waals surface area contributed by atoms with Crippen molar-refractivity contribution in [3.05, 3.63) is 42.5 Å². The Morgan fingerprint density at radius 1 is 1.42 bits per heavy atom. The highest BCUT2D eigenvalue weighted by atomic mass is 32.2. The summed E-state index contributed by atoms with van der Waals surface area (Å²) in [5.74, 6) is 0.674. The van der Waals surface area contributed by atoms with Crippen molar-refractivity contribution in [3.8, 4) is 0 Å². The van der Waals surface area contributed by atoms with E-state index >= 15 is 0 Å². The normalized spacial score (nSPS) is 19.1. The van der Waals surface area contributed by atoms with Crippen molar-refractivity contribution in [1.29, 1.82) is 0 Å². The van der Waals surface area contributed by atoms with E-state index in [1.165, 1.54) is 6.26 Å². The monoisotopic (exact) mass is 349 g/mol. The van der Waals surface area contributed by atoms with Gasteiger partial charge in [-0.1, -0.05) is 0 Å². The van der Waals surface area contributed by atoms with E-state index in [1.54, 1.807) is 24.4 Å². The number of amides is 1. The Kier molecular flexibility index (Phi) is 4.57. The van der Waals surface area contributed by atoms with Crippen LogP contribution in [-0.2, 0) is 9.84 Å². The molecule has 1 aliphatic heterocycles. The van der Waals surface area contributed by atoms with Crippen LogP contribution < -0.4 is 10.2 Å². The van der Waals surface area contributed by atoms with E-state index in [0.29, 0.717) is 18.8 Å². The summed E-state index contributed by atoms with van der Waals surface area (Å²) in [6.45, 7) is 2.68. The van der Waals surface area contributed by atoms with Gasteiger partial charge in [-0.25, -0.2) is 13.4 Å². The molecular formula is C16H19N3O4S. The predicted octanol–water partition coefficient (Wildman–Crippen LogP) is 1.94. The van der Waals surface area contributed by atoms with Gasteiger partial charge in [0, 0.05) is 12.6 Å². The van der Waals surface area contributed by atoms with E-state index in [1.807, 2.05) is 17.9 Å². The molecule has 0 aromatic carbocycles. The van der Waals surface area contributed by atoms with Gasteiger partial charge in [0.2, 0.25) is 0 Å². The summed E-state index contributed by atoms with van der Waals surface area (Å²) in [4.78, 5) is 18.2. The lowest BCUT2D eigenvalue weighted by atomic mass is 10.2. The highest BCUT2D eigenvalue weighted by Crippen LogP contribution is 2.24. The minimum absolute atomic E-state index is 0.0228. The molecule has 2 aromatic rings. The Balaban J connectivity index is 1.70. The minimum atomic E-state index is -2.94. The van der Waals surface area contributed by atoms with Crippen LogP contribution in [0.1, 0.15) is 23.9 Å². The first-order chi connectivity index (χ1) is 11.5. The average molecular weight is 349 g/mol. The number of sulfone groups is 1. The number of carbonyl (C=O) groups excluding carboxylic acids is 1. The van der Waals surface area contributed by atoms with Gasteiger partial charge in [-0.15, -0.1) is 0 Å². The summed E-state index contributed by atoms with van der Waals surface area (Å²) in [5, 5.41) is 2.65. The zero-order valence-corrected chi connectivity index (χ0v) is 14.1. The molecule has 0 spiro atoms. The van der Waals surface area contributed by atoms with Gasteiger partial charge in [-0.3, -0.25) is 4.79 Å². The largest absolute Gasteiger partial charge is 0.459 e. The third-order valence-electron chi connectivity index (χ3n) is 4.06. The van der Waals surface area contributed by atoms with Gasteiger partial charge in [0.25, 0.3) is 5.91 Å². The Labute approximate surface area is 140 Å². The van der Waals surface area contributed by atoms with Crippen LogP contribution in [0, 0.1) is 0 Å². The summed E-state index contributed by atoms with van der Waals surface area (Å²) in [7, 11) is -2.94. The number of hydrogen-bond acceptors (Lipinski definition) is 6. The number of anilines is 2. The lowest BCUT2D eigenvalue weighted by Gasteiger charge is -2.28. The maximum atomic E-state index is 11.9. The van der Waals surface area contributed by atoms with Crippen LogP contribution >= 0.6 is 0 Å². The molecule has 3 heterocycles. The summed E-state index contributed by atoms with van der Waals surface area (Å²) in [5.41, 5.74) is 0.843.